The van der Waals surface area contributed by atoms with Crippen molar-refractivity contribution in [1.29, 1.82) is 0 Å². The Kier molecular flexibility index (Phi) is 5.71. The zero-order valence-corrected chi connectivity index (χ0v) is 15.9. The summed E-state index contributed by atoms with van der Waals surface area (Å²) in [5.41, 5.74) is 3.71. The Morgan fingerprint density at radius 3 is 2.74 bits per heavy atom. The number of rotatable bonds is 7. The SMILES string of the molecule is Cc1ccccc1COc1ccc2ccccc2c1CNC[C@H]1CCCO1. The van der Waals surface area contributed by atoms with Gasteiger partial charge in [-0.3, -0.25) is 0 Å². The second-order valence-electron chi connectivity index (χ2n) is 7.24. The lowest BCUT2D eigenvalue weighted by Crippen LogP contribution is -2.26. The van der Waals surface area contributed by atoms with E-state index in [1.807, 2.05) is 0 Å². The standard InChI is InChI=1S/C24H27NO2/c1-18-7-2-3-9-20(18)17-27-24-13-12-19-8-4-5-11-22(19)23(24)16-25-15-21-10-6-14-26-21/h2-5,7-9,11-13,21,25H,6,10,14-17H2,1H3/t21-/m1/s1. The van der Waals surface area contributed by atoms with Gasteiger partial charge in [0.1, 0.15) is 12.4 Å². The molecule has 0 saturated carbocycles. The molecule has 1 fully saturated rings. The Bertz CT molecular complexity index is 900. The summed E-state index contributed by atoms with van der Waals surface area (Å²) in [6.07, 6.45) is 2.67. The summed E-state index contributed by atoms with van der Waals surface area (Å²) in [4.78, 5) is 0. The molecule has 0 bridgehead atoms. The van der Waals surface area contributed by atoms with E-state index in [-0.39, 0.29) is 0 Å². The molecule has 1 atom stereocenters. The van der Waals surface area contributed by atoms with Crippen LogP contribution in [0.15, 0.2) is 60.7 Å². The summed E-state index contributed by atoms with van der Waals surface area (Å²) < 4.78 is 12.0. The Labute approximate surface area is 161 Å². The van der Waals surface area contributed by atoms with Crippen LogP contribution in [-0.4, -0.2) is 19.3 Å². The summed E-state index contributed by atoms with van der Waals surface area (Å²) in [6.45, 7) is 5.28. The molecule has 1 saturated heterocycles. The topological polar surface area (TPSA) is 30.5 Å². The van der Waals surface area contributed by atoms with Crippen LogP contribution in [0.3, 0.4) is 0 Å². The molecule has 1 heterocycles. The zero-order valence-electron chi connectivity index (χ0n) is 15.9. The molecule has 1 aliphatic heterocycles. The van der Waals surface area contributed by atoms with Crippen LogP contribution in [0.1, 0.15) is 29.5 Å². The van der Waals surface area contributed by atoms with Crippen molar-refractivity contribution in [3.05, 3.63) is 77.4 Å². The highest BCUT2D eigenvalue weighted by Crippen LogP contribution is 2.29. The van der Waals surface area contributed by atoms with Gasteiger partial charge < -0.3 is 14.8 Å². The smallest absolute Gasteiger partial charge is 0.124 e. The number of ether oxygens (including phenoxy) is 2. The molecule has 0 radical (unpaired) electrons. The molecule has 0 unspecified atom stereocenters. The molecule has 3 aromatic carbocycles. The van der Waals surface area contributed by atoms with Gasteiger partial charge in [-0.2, -0.15) is 0 Å². The van der Waals surface area contributed by atoms with Crippen LogP contribution in [-0.2, 0) is 17.9 Å². The zero-order chi connectivity index (χ0) is 18.5. The van der Waals surface area contributed by atoms with Crippen molar-refractivity contribution in [2.45, 2.75) is 39.0 Å². The van der Waals surface area contributed by atoms with E-state index >= 15 is 0 Å². The summed E-state index contributed by atoms with van der Waals surface area (Å²) in [5, 5.41) is 6.08. The minimum Gasteiger partial charge on any atom is -0.489 e. The van der Waals surface area contributed by atoms with E-state index in [1.165, 1.54) is 33.9 Å². The molecule has 0 aromatic heterocycles. The highest BCUT2D eigenvalue weighted by atomic mass is 16.5. The molecule has 4 rings (SSSR count). The van der Waals surface area contributed by atoms with Gasteiger partial charge in [0.05, 0.1) is 6.10 Å². The quantitative estimate of drug-likeness (QED) is 0.643. The number of hydrogen-bond acceptors (Lipinski definition) is 3. The van der Waals surface area contributed by atoms with Crippen LogP contribution in [0, 0.1) is 6.92 Å². The number of fused-ring (bicyclic) bond motifs is 1. The molecule has 3 aromatic rings. The third-order valence-electron chi connectivity index (χ3n) is 5.34. The first kappa shape index (κ1) is 18.0. The fraction of sp³-hybridized carbons (Fsp3) is 0.333. The van der Waals surface area contributed by atoms with E-state index in [1.54, 1.807) is 0 Å². The predicted molar refractivity (Wildman–Crippen MR) is 110 cm³/mol. The number of aryl methyl sites for hydroxylation is 1. The molecular formula is C24H27NO2. The maximum atomic E-state index is 6.26. The van der Waals surface area contributed by atoms with Gasteiger partial charge in [0.25, 0.3) is 0 Å². The van der Waals surface area contributed by atoms with Crippen molar-refractivity contribution in [2.75, 3.05) is 13.2 Å². The minimum atomic E-state index is 0.344. The molecule has 3 nitrogen and oxygen atoms in total. The molecule has 0 spiro atoms. The summed E-state index contributed by atoms with van der Waals surface area (Å²) in [5.74, 6) is 0.955. The van der Waals surface area contributed by atoms with Gasteiger partial charge in [-0.15, -0.1) is 0 Å². The fourth-order valence-corrected chi connectivity index (χ4v) is 3.72. The molecule has 1 N–H and O–H groups in total. The van der Waals surface area contributed by atoms with Crippen molar-refractivity contribution in [3.8, 4) is 5.75 Å². The van der Waals surface area contributed by atoms with Gasteiger partial charge in [-0.05, 0) is 47.7 Å². The summed E-state index contributed by atoms with van der Waals surface area (Å²) in [7, 11) is 0. The first-order chi connectivity index (χ1) is 13.3. The molecule has 0 amide bonds. The van der Waals surface area contributed by atoms with Gasteiger partial charge in [0.15, 0.2) is 0 Å². The van der Waals surface area contributed by atoms with Crippen LogP contribution < -0.4 is 10.1 Å². The van der Waals surface area contributed by atoms with Crippen LogP contribution in [0.25, 0.3) is 10.8 Å². The van der Waals surface area contributed by atoms with E-state index < -0.39 is 0 Å². The van der Waals surface area contributed by atoms with Crippen molar-refractivity contribution >= 4 is 10.8 Å². The summed E-state index contributed by atoms with van der Waals surface area (Å²) in [6, 6.07) is 21.1. The summed E-state index contributed by atoms with van der Waals surface area (Å²) >= 11 is 0. The van der Waals surface area contributed by atoms with E-state index in [0.717, 1.165) is 31.9 Å². The lowest BCUT2D eigenvalue weighted by Gasteiger charge is -2.17. The highest BCUT2D eigenvalue weighted by molar-refractivity contribution is 5.87. The first-order valence-corrected chi connectivity index (χ1v) is 9.81. The second kappa shape index (κ2) is 8.55. The molecule has 0 aliphatic carbocycles. The first-order valence-electron chi connectivity index (χ1n) is 9.81. The Hall–Kier alpha value is -2.36. The Morgan fingerprint density at radius 2 is 1.89 bits per heavy atom. The molecule has 3 heteroatoms. The van der Waals surface area contributed by atoms with E-state index in [2.05, 4.69) is 72.9 Å². The lowest BCUT2D eigenvalue weighted by molar-refractivity contribution is 0.110. The molecule has 140 valence electrons. The normalized spacial score (nSPS) is 16.7. The maximum Gasteiger partial charge on any atom is 0.124 e. The fourth-order valence-electron chi connectivity index (χ4n) is 3.72. The van der Waals surface area contributed by atoms with Crippen molar-refractivity contribution in [3.63, 3.8) is 0 Å². The minimum absolute atomic E-state index is 0.344. The monoisotopic (exact) mass is 361 g/mol. The largest absolute Gasteiger partial charge is 0.489 e. The maximum absolute atomic E-state index is 6.26. The molecular weight excluding hydrogens is 334 g/mol. The average molecular weight is 361 g/mol. The van der Waals surface area contributed by atoms with Crippen molar-refractivity contribution in [2.24, 2.45) is 0 Å². The molecule has 27 heavy (non-hydrogen) atoms. The lowest BCUT2D eigenvalue weighted by atomic mass is 10.0. The highest BCUT2D eigenvalue weighted by Gasteiger charge is 2.16. The van der Waals surface area contributed by atoms with Crippen LogP contribution in [0.2, 0.25) is 0 Å². The number of benzene rings is 3. The number of hydrogen-bond donors (Lipinski definition) is 1. The van der Waals surface area contributed by atoms with Gasteiger partial charge in [-0.1, -0.05) is 54.6 Å². The second-order valence-corrected chi connectivity index (χ2v) is 7.24. The van der Waals surface area contributed by atoms with Crippen LogP contribution in [0.5, 0.6) is 5.75 Å². The van der Waals surface area contributed by atoms with Crippen LogP contribution >= 0.6 is 0 Å². The van der Waals surface area contributed by atoms with E-state index in [0.29, 0.717) is 12.7 Å². The van der Waals surface area contributed by atoms with Crippen LogP contribution in [0.4, 0.5) is 0 Å². The third kappa shape index (κ3) is 4.32. The van der Waals surface area contributed by atoms with Gasteiger partial charge in [0.2, 0.25) is 0 Å². The Morgan fingerprint density at radius 1 is 1.04 bits per heavy atom. The number of nitrogens with one attached hydrogen (secondary N) is 1. The molecule has 1 aliphatic rings. The van der Waals surface area contributed by atoms with Gasteiger partial charge >= 0.3 is 0 Å². The predicted octanol–water partition coefficient (Wildman–Crippen LogP) is 5.00. The van der Waals surface area contributed by atoms with E-state index in [9.17, 15) is 0 Å². The average Bonchev–Trinajstić information content (AvgIpc) is 3.21. The van der Waals surface area contributed by atoms with Crippen molar-refractivity contribution in [1.82, 2.24) is 5.32 Å². The van der Waals surface area contributed by atoms with Crippen molar-refractivity contribution < 1.29 is 9.47 Å². The van der Waals surface area contributed by atoms with Gasteiger partial charge in [-0.25, -0.2) is 0 Å². The van der Waals surface area contributed by atoms with Gasteiger partial charge in [0, 0.05) is 25.3 Å². The van der Waals surface area contributed by atoms with E-state index in [4.69, 9.17) is 9.47 Å². The third-order valence-corrected chi connectivity index (χ3v) is 5.34. The Balaban J connectivity index is 1.54.